The number of imidazole rings is 1. The predicted molar refractivity (Wildman–Crippen MR) is 73.2 cm³/mol. The van der Waals surface area contributed by atoms with Gasteiger partial charge in [0.15, 0.2) is 5.65 Å². The van der Waals surface area contributed by atoms with Crippen LogP contribution in [0.15, 0.2) is 16.7 Å². The molecule has 2 aromatic heterocycles. The van der Waals surface area contributed by atoms with Crippen LogP contribution in [0, 0.1) is 0 Å². The molecule has 19 heavy (non-hydrogen) atoms. The van der Waals surface area contributed by atoms with Gasteiger partial charge in [0.2, 0.25) is 0 Å². The molecule has 0 radical (unpaired) electrons. The highest BCUT2D eigenvalue weighted by Gasteiger charge is 2.20. The summed E-state index contributed by atoms with van der Waals surface area (Å²) in [6, 6.07) is 3.92. The van der Waals surface area contributed by atoms with E-state index >= 15 is 0 Å². The summed E-state index contributed by atoms with van der Waals surface area (Å²) in [7, 11) is 0. The molecule has 0 amide bonds. The van der Waals surface area contributed by atoms with Crippen molar-refractivity contribution in [2.24, 2.45) is 0 Å². The number of aliphatic carboxylic acids is 1. The van der Waals surface area contributed by atoms with Crippen LogP contribution in [-0.4, -0.2) is 25.7 Å². The highest BCUT2D eigenvalue weighted by Crippen LogP contribution is 2.33. The van der Waals surface area contributed by atoms with E-state index in [-0.39, 0.29) is 6.42 Å². The normalized spacial score (nSPS) is 16.3. The number of nitrogens with zero attached hydrogens (tertiary/aromatic N) is 3. The van der Waals surface area contributed by atoms with E-state index < -0.39 is 5.97 Å². The van der Waals surface area contributed by atoms with Gasteiger partial charge < -0.3 is 5.11 Å². The van der Waals surface area contributed by atoms with Crippen molar-refractivity contribution >= 4 is 27.5 Å². The first-order chi connectivity index (χ1) is 9.15. The Hall–Kier alpha value is -1.43. The fraction of sp³-hybridized carbons (Fsp3) is 0.462. The molecule has 1 aliphatic rings. The van der Waals surface area contributed by atoms with E-state index in [1.807, 2.05) is 12.1 Å². The Kier molecular flexibility index (Phi) is 3.26. The van der Waals surface area contributed by atoms with Gasteiger partial charge in [-0.15, -0.1) is 0 Å². The maximum absolute atomic E-state index is 10.8. The zero-order valence-electron chi connectivity index (χ0n) is 10.3. The van der Waals surface area contributed by atoms with Gasteiger partial charge in [-0.3, -0.25) is 4.79 Å². The van der Waals surface area contributed by atoms with E-state index in [1.54, 1.807) is 4.52 Å². The molecular weight excluding hydrogens is 310 g/mol. The van der Waals surface area contributed by atoms with Crippen molar-refractivity contribution in [3.05, 3.63) is 28.1 Å². The van der Waals surface area contributed by atoms with Crippen molar-refractivity contribution in [3.63, 3.8) is 0 Å². The molecule has 0 unspecified atom stereocenters. The lowest BCUT2D eigenvalue weighted by molar-refractivity contribution is -0.136. The van der Waals surface area contributed by atoms with Gasteiger partial charge in [0.1, 0.15) is 4.60 Å². The van der Waals surface area contributed by atoms with Crippen LogP contribution in [0.25, 0.3) is 5.65 Å². The minimum atomic E-state index is -0.889. The largest absolute Gasteiger partial charge is 0.481 e. The topological polar surface area (TPSA) is 67.5 Å². The Bertz CT molecular complexity index is 632. The molecule has 0 spiro atoms. The summed E-state index contributed by atoms with van der Waals surface area (Å²) < 4.78 is 2.34. The average molecular weight is 324 g/mol. The first-order valence-corrected chi connectivity index (χ1v) is 7.20. The lowest BCUT2D eigenvalue weighted by Gasteiger charge is -2.08. The summed E-state index contributed by atoms with van der Waals surface area (Å²) in [5, 5.41) is 13.5. The first-order valence-electron chi connectivity index (χ1n) is 6.41. The molecule has 0 aliphatic heterocycles. The summed E-state index contributed by atoms with van der Waals surface area (Å²) in [6.45, 7) is 0. The monoisotopic (exact) mass is 323 g/mol. The Morgan fingerprint density at radius 2 is 2.16 bits per heavy atom. The lowest BCUT2D eigenvalue weighted by Crippen LogP contribution is -2.03. The molecule has 0 bridgehead atoms. The van der Waals surface area contributed by atoms with Crippen molar-refractivity contribution in [3.8, 4) is 0 Å². The molecule has 0 aromatic carbocycles. The lowest BCUT2D eigenvalue weighted by atomic mass is 10.0. The van der Waals surface area contributed by atoms with Crippen LogP contribution in [0.4, 0.5) is 0 Å². The van der Waals surface area contributed by atoms with Gasteiger partial charge in [0.05, 0.1) is 17.8 Å². The van der Waals surface area contributed by atoms with E-state index in [1.165, 1.54) is 25.7 Å². The number of hydrogen-bond donors (Lipinski definition) is 1. The molecule has 1 fully saturated rings. The second kappa shape index (κ2) is 4.92. The molecule has 0 atom stereocenters. The zero-order chi connectivity index (χ0) is 13.4. The number of hydrogen-bond acceptors (Lipinski definition) is 3. The molecule has 1 N–H and O–H groups in total. The number of halogens is 1. The van der Waals surface area contributed by atoms with Crippen molar-refractivity contribution < 1.29 is 9.90 Å². The second-order valence-electron chi connectivity index (χ2n) is 4.93. The van der Waals surface area contributed by atoms with Gasteiger partial charge in [-0.2, -0.15) is 5.10 Å². The SMILES string of the molecule is O=C(O)Cc1nc2ccc(C3CCCC3)nn2c1Br. The van der Waals surface area contributed by atoms with Crippen molar-refractivity contribution in [2.75, 3.05) is 0 Å². The molecule has 1 saturated carbocycles. The molecule has 2 heterocycles. The standard InChI is InChI=1S/C13H14BrN3O2/c14-13-10(7-12(18)19)15-11-6-5-9(16-17(11)13)8-3-1-2-4-8/h5-6,8H,1-4,7H2,(H,18,19). The second-order valence-corrected chi connectivity index (χ2v) is 5.68. The van der Waals surface area contributed by atoms with Gasteiger partial charge in [0.25, 0.3) is 0 Å². The number of carboxylic acids is 1. The number of aromatic nitrogens is 3. The molecule has 100 valence electrons. The van der Waals surface area contributed by atoms with Crippen LogP contribution >= 0.6 is 15.9 Å². The molecule has 1 aliphatic carbocycles. The number of fused-ring (bicyclic) bond motifs is 1. The molecule has 0 saturated heterocycles. The third-order valence-corrected chi connectivity index (χ3v) is 4.39. The zero-order valence-corrected chi connectivity index (χ0v) is 11.9. The minimum absolute atomic E-state index is 0.0945. The van der Waals surface area contributed by atoms with E-state index in [9.17, 15) is 4.79 Å². The number of carbonyl (C=O) groups is 1. The Balaban J connectivity index is 2.02. The van der Waals surface area contributed by atoms with Gasteiger partial charge in [-0.25, -0.2) is 9.50 Å². The van der Waals surface area contributed by atoms with Crippen molar-refractivity contribution in [1.82, 2.24) is 14.6 Å². The Morgan fingerprint density at radius 1 is 1.42 bits per heavy atom. The minimum Gasteiger partial charge on any atom is -0.481 e. The van der Waals surface area contributed by atoms with Crippen LogP contribution in [0.2, 0.25) is 0 Å². The van der Waals surface area contributed by atoms with E-state index in [2.05, 4.69) is 26.0 Å². The third kappa shape index (κ3) is 2.36. The predicted octanol–water partition coefficient (Wildman–Crippen LogP) is 2.78. The maximum atomic E-state index is 10.8. The molecule has 6 heteroatoms. The fourth-order valence-corrected chi connectivity index (χ4v) is 3.15. The number of carboxylic acid groups (broad SMARTS) is 1. The fourth-order valence-electron chi connectivity index (χ4n) is 2.66. The van der Waals surface area contributed by atoms with Crippen LogP contribution in [0.3, 0.4) is 0 Å². The van der Waals surface area contributed by atoms with Crippen molar-refractivity contribution in [1.29, 1.82) is 0 Å². The summed E-state index contributed by atoms with van der Waals surface area (Å²) in [4.78, 5) is 15.1. The van der Waals surface area contributed by atoms with Gasteiger partial charge in [-0.05, 0) is 40.9 Å². The molecule has 5 nitrogen and oxygen atoms in total. The van der Waals surface area contributed by atoms with Gasteiger partial charge in [0, 0.05) is 5.92 Å². The molecular formula is C13H14BrN3O2. The van der Waals surface area contributed by atoms with E-state index in [4.69, 9.17) is 5.11 Å². The molecule has 2 aromatic rings. The van der Waals surface area contributed by atoms with E-state index in [0.717, 1.165) is 5.69 Å². The third-order valence-electron chi connectivity index (χ3n) is 3.60. The van der Waals surface area contributed by atoms with Crippen LogP contribution in [-0.2, 0) is 11.2 Å². The smallest absolute Gasteiger partial charge is 0.309 e. The quantitative estimate of drug-likeness (QED) is 0.943. The highest BCUT2D eigenvalue weighted by molar-refractivity contribution is 9.10. The number of rotatable bonds is 3. The van der Waals surface area contributed by atoms with Crippen molar-refractivity contribution in [2.45, 2.75) is 38.0 Å². The van der Waals surface area contributed by atoms with E-state index in [0.29, 0.717) is 21.9 Å². The van der Waals surface area contributed by atoms with Crippen LogP contribution < -0.4 is 0 Å². The average Bonchev–Trinajstić information content (AvgIpc) is 2.99. The van der Waals surface area contributed by atoms with Gasteiger partial charge >= 0.3 is 5.97 Å². The maximum Gasteiger partial charge on any atom is 0.309 e. The summed E-state index contributed by atoms with van der Waals surface area (Å²) in [5.41, 5.74) is 2.28. The highest BCUT2D eigenvalue weighted by atomic mass is 79.9. The van der Waals surface area contributed by atoms with Crippen LogP contribution in [0.5, 0.6) is 0 Å². The van der Waals surface area contributed by atoms with Gasteiger partial charge in [-0.1, -0.05) is 12.8 Å². The van der Waals surface area contributed by atoms with Crippen LogP contribution in [0.1, 0.15) is 43.0 Å². The Morgan fingerprint density at radius 3 is 2.84 bits per heavy atom. The summed E-state index contributed by atoms with van der Waals surface area (Å²) >= 11 is 3.40. The summed E-state index contributed by atoms with van der Waals surface area (Å²) in [6.07, 6.45) is 4.81. The summed E-state index contributed by atoms with van der Waals surface area (Å²) in [5.74, 6) is -0.359. The first kappa shape index (κ1) is 12.6. The molecule has 3 rings (SSSR count). The Labute approximate surface area is 118 Å².